The van der Waals surface area contributed by atoms with E-state index in [1.165, 1.54) is 0 Å². The maximum Gasteiger partial charge on any atom is 0.472 e. The van der Waals surface area contributed by atoms with Crippen LogP contribution in [0.1, 0.15) is 129 Å². The number of carbonyl (C=O) groups is 2. The van der Waals surface area contributed by atoms with Crippen molar-refractivity contribution in [2.24, 2.45) is 0 Å². The normalized spacial score (nSPS) is 14.6. The zero-order valence-corrected chi connectivity index (χ0v) is 38.2. The van der Waals surface area contributed by atoms with Crippen LogP contribution < -0.4 is 5.32 Å². The number of allylic oxidation sites excluding steroid dienone is 24. The molecule has 0 aromatic rings. The van der Waals surface area contributed by atoms with Crippen molar-refractivity contribution >= 4 is 19.7 Å². The highest BCUT2D eigenvalue weighted by molar-refractivity contribution is 7.47. The lowest BCUT2D eigenvalue weighted by Gasteiger charge is -2.15. The molecule has 0 rings (SSSR count). The van der Waals surface area contributed by atoms with Crippen molar-refractivity contribution in [2.45, 2.75) is 136 Å². The molecule has 0 aliphatic carbocycles. The number of rotatable bonds is 39. The van der Waals surface area contributed by atoms with E-state index in [-0.39, 0.29) is 38.5 Å². The Kier molecular flexibility index (Phi) is 42.4. The Hall–Kier alpha value is -4.11. The molecule has 2 unspecified atom stereocenters. The fourth-order valence-electron chi connectivity index (χ4n) is 4.99. The van der Waals surface area contributed by atoms with Gasteiger partial charge in [-0.05, 0) is 103 Å². The lowest BCUT2D eigenvalue weighted by molar-refractivity contribution is -0.147. The maximum absolute atomic E-state index is 12.1. The summed E-state index contributed by atoms with van der Waals surface area (Å²) < 4.78 is 26.8. The van der Waals surface area contributed by atoms with E-state index < -0.39 is 26.5 Å². The van der Waals surface area contributed by atoms with Gasteiger partial charge in [-0.2, -0.15) is 0 Å². The molecule has 340 valence electrons. The van der Waals surface area contributed by atoms with Gasteiger partial charge in [-0.3, -0.25) is 18.6 Å². The molecule has 0 heterocycles. The van der Waals surface area contributed by atoms with Crippen molar-refractivity contribution < 1.29 is 37.9 Å². The summed E-state index contributed by atoms with van der Waals surface area (Å²) in [6.45, 7) is 3.14. The molecule has 0 aromatic carbocycles. The number of nitrogens with one attached hydrogen (secondary N) is 1. The minimum atomic E-state index is -4.46. The number of phosphoric ester groups is 1. The summed E-state index contributed by atoms with van der Waals surface area (Å²) in [6, 6.07) is 0. The predicted octanol–water partition coefficient (Wildman–Crippen LogP) is 12.9. The molecule has 2 atom stereocenters. The molecule has 1 amide bonds. The monoisotopic (exact) mass is 864 g/mol. The molecule has 0 radical (unpaired) electrons. The second-order valence-electron chi connectivity index (χ2n) is 13.9. The number of hydrogen-bond donors (Lipinski definition) is 3. The summed E-state index contributed by atoms with van der Waals surface area (Å²) in [7, 11) is -4.46. The molecule has 3 N–H and O–H groups in total. The van der Waals surface area contributed by atoms with Gasteiger partial charge >= 0.3 is 13.8 Å². The highest BCUT2D eigenvalue weighted by Crippen LogP contribution is 2.42. The Morgan fingerprint density at radius 2 is 0.885 bits per heavy atom. The third kappa shape index (κ3) is 46.8. The molecule has 61 heavy (non-hydrogen) atoms. The number of carbonyl (C=O) groups excluding carboxylic acids is 2. The second-order valence-corrected chi connectivity index (χ2v) is 15.4. The van der Waals surface area contributed by atoms with Gasteiger partial charge in [0, 0.05) is 19.4 Å². The van der Waals surface area contributed by atoms with E-state index in [9.17, 15) is 24.2 Å². The predicted molar refractivity (Wildman–Crippen MR) is 256 cm³/mol. The van der Waals surface area contributed by atoms with Crippen molar-refractivity contribution in [3.8, 4) is 0 Å². The van der Waals surface area contributed by atoms with Crippen LogP contribution in [0.25, 0.3) is 0 Å². The lowest BCUT2D eigenvalue weighted by Crippen LogP contribution is -2.27. The van der Waals surface area contributed by atoms with Gasteiger partial charge in [0.1, 0.15) is 12.7 Å². The van der Waals surface area contributed by atoms with Crippen LogP contribution in [0, 0.1) is 0 Å². The average molecular weight is 864 g/mol. The molecule has 0 aromatic heterocycles. The first kappa shape index (κ1) is 56.9. The molecular weight excluding hydrogens is 786 g/mol. The van der Waals surface area contributed by atoms with Gasteiger partial charge in [-0.25, -0.2) is 4.57 Å². The molecule has 0 spiro atoms. The Labute approximate surface area is 369 Å². The van der Waals surface area contributed by atoms with Gasteiger partial charge in [0.15, 0.2) is 0 Å². The molecule has 0 saturated carbocycles. The summed E-state index contributed by atoms with van der Waals surface area (Å²) in [5.41, 5.74) is 0. The molecule has 0 bridgehead atoms. The highest BCUT2D eigenvalue weighted by atomic mass is 31.2. The quantitative estimate of drug-likeness (QED) is 0.0241. The molecule has 0 aliphatic rings. The summed E-state index contributed by atoms with van der Waals surface area (Å²) in [6.07, 6.45) is 65.1. The largest absolute Gasteiger partial charge is 0.472 e. The van der Waals surface area contributed by atoms with Gasteiger partial charge in [0.25, 0.3) is 0 Å². The number of aliphatic hydroxyl groups is 1. The Morgan fingerprint density at radius 1 is 0.508 bits per heavy atom. The zero-order valence-electron chi connectivity index (χ0n) is 37.3. The van der Waals surface area contributed by atoms with Crippen LogP contribution >= 0.6 is 7.82 Å². The van der Waals surface area contributed by atoms with Crippen molar-refractivity contribution in [2.75, 3.05) is 26.4 Å². The van der Waals surface area contributed by atoms with Crippen molar-refractivity contribution in [1.82, 2.24) is 5.32 Å². The van der Waals surface area contributed by atoms with Crippen LogP contribution in [0.2, 0.25) is 0 Å². The SMILES string of the molecule is CC/C=C\C/C=C\C/C=C\C/C=C\C/C=C\C/C=C\CCCCC(=O)OCC(O)COP(=O)(O)OCCNC(=O)CC/C=C\C/C=C\C/C=C\C/C=C\C/C=C\C/C=C\CC. The first-order chi connectivity index (χ1) is 29.8. The summed E-state index contributed by atoms with van der Waals surface area (Å²) in [5, 5.41) is 12.6. The Morgan fingerprint density at radius 3 is 1.30 bits per heavy atom. The maximum atomic E-state index is 12.1. The fraction of sp³-hybridized carbons (Fsp3) is 0.490. The van der Waals surface area contributed by atoms with Gasteiger partial charge in [0.2, 0.25) is 5.91 Å². The number of aliphatic hydroxyl groups excluding tert-OH is 1. The summed E-state index contributed by atoms with van der Waals surface area (Å²) in [5.74, 6) is -0.662. The third-order valence-electron chi connectivity index (χ3n) is 8.28. The van der Waals surface area contributed by atoms with Gasteiger partial charge < -0.3 is 20.1 Å². The first-order valence-electron chi connectivity index (χ1n) is 22.3. The number of esters is 1. The molecule has 0 saturated heterocycles. The molecule has 0 aliphatic heterocycles. The van der Waals surface area contributed by atoms with E-state index in [1.54, 1.807) is 0 Å². The molecule has 0 fully saturated rings. The van der Waals surface area contributed by atoms with Crippen LogP contribution in [0.4, 0.5) is 0 Å². The van der Waals surface area contributed by atoms with E-state index in [2.05, 4.69) is 153 Å². The highest BCUT2D eigenvalue weighted by Gasteiger charge is 2.23. The number of unbranched alkanes of at least 4 members (excludes halogenated alkanes) is 2. The lowest BCUT2D eigenvalue weighted by atomic mass is 10.2. The van der Waals surface area contributed by atoms with E-state index in [0.717, 1.165) is 89.9 Å². The van der Waals surface area contributed by atoms with Crippen LogP contribution in [-0.2, 0) is 27.9 Å². The van der Waals surface area contributed by atoms with E-state index in [4.69, 9.17) is 13.8 Å². The average Bonchev–Trinajstić information content (AvgIpc) is 3.25. The smallest absolute Gasteiger partial charge is 0.463 e. The van der Waals surface area contributed by atoms with Gasteiger partial charge in [0.05, 0.1) is 13.2 Å². The van der Waals surface area contributed by atoms with E-state index in [1.807, 2.05) is 12.2 Å². The standard InChI is InChI=1S/C51H78NO8P/c1-3-5-7-9-11-13-15-17-19-21-23-24-26-28-30-32-34-36-38-40-42-44-51(55)58-47-49(53)48-60-61(56,57)59-46-45-52-50(54)43-41-39-37-35-33-31-29-27-25-22-20-18-16-14-12-10-8-6-4-2/h5-8,11-14,17-20,23-25,27-28,30-31,33-34,36-37,39,49,53H,3-4,9-10,15-16,21-22,26,29,32,35,38,40-48H2,1-2H3,(H,52,54)(H,56,57)/b7-5-,8-6-,13-11-,14-12-,19-17-,20-18-,24-23-,27-25-,30-28-,33-31-,36-34-,39-37-. The van der Waals surface area contributed by atoms with Crippen LogP contribution in [-0.4, -0.2) is 54.3 Å². The van der Waals surface area contributed by atoms with E-state index >= 15 is 0 Å². The van der Waals surface area contributed by atoms with Gasteiger partial charge in [-0.15, -0.1) is 0 Å². The zero-order chi connectivity index (χ0) is 44.6. The van der Waals surface area contributed by atoms with Crippen molar-refractivity contribution in [3.63, 3.8) is 0 Å². The Bertz CT molecular complexity index is 1490. The van der Waals surface area contributed by atoms with E-state index in [0.29, 0.717) is 12.8 Å². The number of phosphoric acid groups is 1. The minimum absolute atomic E-state index is 0.0246. The van der Waals surface area contributed by atoms with Crippen LogP contribution in [0.3, 0.4) is 0 Å². The fourth-order valence-corrected chi connectivity index (χ4v) is 5.75. The summed E-state index contributed by atoms with van der Waals surface area (Å²) >= 11 is 0. The number of amides is 1. The molecular formula is C51H78NO8P. The van der Waals surface area contributed by atoms with Crippen LogP contribution in [0.5, 0.6) is 0 Å². The molecule has 10 heteroatoms. The van der Waals surface area contributed by atoms with Crippen LogP contribution in [0.15, 0.2) is 146 Å². The minimum Gasteiger partial charge on any atom is -0.463 e. The first-order valence-corrected chi connectivity index (χ1v) is 23.8. The third-order valence-corrected chi connectivity index (χ3v) is 9.26. The number of ether oxygens (including phenoxy) is 1. The van der Waals surface area contributed by atoms with Gasteiger partial charge in [-0.1, -0.05) is 160 Å². The van der Waals surface area contributed by atoms with Crippen molar-refractivity contribution in [3.05, 3.63) is 146 Å². The summed E-state index contributed by atoms with van der Waals surface area (Å²) in [4.78, 5) is 33.9. The number of hydrogen-bond acceptors (Lipinski definition) is 7. The molecule has 9 nitrogen and oxygen atoms in total. The Balaban J connectivity index is 3.81. The topological polar surface area (TPSA) is 131 Å². The van der Waals surface area contributed by atoms with Crippen molar-refractivity contribution in [1.29, 1.82) is 0 Å². The second kappa shape index (κ2) is 45.4.